The molecule has 1 unspecified atom stereocenters. The Balaban J connectivity index is 1.56. The minimum absolute atomic E-state index is 0.147. The van der Waals surface area contributed by atoms with Crippen molar-refractivity contribution in [2.45, 2.75) is 5.92 Å². The minimum Gasteiger partial charge on any atom is -0.492 e. The van der Waals surface area contributed by atoms with Gasteiger partial charge in [0.25, 0.3) is 0 Å². The largest absolute Gasteiger partial charge is 0.492 e. The highest BCUT2D eigenvalue weighted by atomic mass is 16.5. The number of hydrogen-bond donors (Lipinski definition) is 2. The molecule has 1 aromatic heterocycles. The SMILES string of the molecule is O=C(Nc1cccc(-c2noc(=O)[nH]2)c1)C1COc2ccccc21. The van der Waals surface area contributed by atoms with Gasteiger partial charge in [-0.05, 0) is 18.2 Å². The number of rotatable bonds is 3. The van der Waals surface area contributed by atoms with Crippen LogP contribution in [-0.4, -0.2) is 22.7 Å². The maximum atomic E-state index is 12.5. The maximum Gasteiger partial charge on any atom is 0.439 e. The average molecular weight is 323 g/mol. The van der Waals surface area contributed by atoms with Crippen molar-refractivity contribution in [3.63, 3.8) is 0 Å². The molecule has 2 N–H and O–H groups in total. The van der Waals surface area contributed by atoms with Crippen LogP contribution in [0.15, 0.2) is 57.8 Å². The molecule has 7 nitrogen and oxygen atoms in total. The third-order valence-electron chi connectivity index (χ3n) is 3.86. The minimum atomic E-state index is -0.626. The van der Waals surface area contributed by atoms with E-state index < -0.39 is 5.76 Å². The smallest absolute Gasteiger partial charge is 0.439 e. The molecule has 0 saturated carbocycles. The lowest BCUT2D eigenvalue weighted by molar-refractivity contribution is -0.117. The van der Waals surface area contributed by atoms with Gasteiger partial charge < -0.3 is 10.1 Å². The van der Waals surface area contributed by atoms with Crippen LogP contribution in [0, 0.1) is 0 Å². The van der Waals surface area contributed by atoms with E-state index in [-0.39, 0.29) is 11.8 Å². The van der Waals surface area contributed by atoms with Gasteiger partial charge in [0.15, 0.2) is 5.82 Å². The van der Waals surface area contributed by atoms with Crippen LogP contribution in [0.25, 0.3) is 11.4 Å². The highest BCUT2D eigenvalue weighted by Gasteiger charge is 2.30. The third-order valence-corrected chi connectivity index (χ3v) is 3.86. The summed E-state index contributed by atoms with van der Waals surface area (Å²) in [7, 11) is 0. The molecule has 2 aromatic carbocycles. The van der Waals surface area contributed by atoms with E-state index in [1.165, 1.54) is 0 Å². The molecule has 0 aliphatic carbocycles. The highest BCUT2D eigenvalue weighted by molar-refractivity contribution is 5.97. The fourth-order valence-corrected chi connectivity index (χ4v) is 2.71. The molecule has 3 aromatic rings. The van der Waals surface area contributed by atoms with E-state index in [1.807, 2.05) is 24.3 Å². The number of ether oxygens (including phenoxy) is 1. The summed E-state index contributed by atoms with van der Waals surface area (Å²) in [6.07, 6.45) is 0. The number of carbonyl (C=O) groups is 1. The molecule has 4 rings (SSSR count). The predicted octanol–water partition coefficient (Wildman–Crippen LogP) is 2.14. The molecular formula is C17H13N3O4. The Morgan fingerprint density at radius 1 is 1.21 bits per heavy atom. The molecule has 0 saturated heterocycles. The Hall–Kier alpha value is -3.35. The number of aromatic amines is 1. The lowest BCUT2D eigenvalue weighted by Crippen LogP contribution is -2.22. The van der Waals surface area contributed by atoms with Crippen LogP contribution in [0.5, 0.6) is 5.75 Å². The van der Waals surface area contributed by atoms with Crippen LogP contribution >= 0.6 is 0 Å². The molecular weight excluding hydrogens is 310 g/mol. The van der Waals surface area contributed by atoms with Crippen molar-refractivity contribution >= 4 is 11.6 Å². The zero-order valence-corrected chi connectivity index (χ0v) is 12.5. The summed E-state index contributed by atoms with van der Waals surface area (Å²) in [6, 6.07) is 14.5. The molecule has 0 radical (unpaired) electrons. The molecule has 1 atom stereocenters. The fraction of sp³-hybridized carbons (Fsp3) is 0.118. The van der Waals surface area contributed by atoms with Crippen LogP contribution in [0.3, 0.4) is 0 Å². The summed E-state index contributed by atoms with van der Waals surface area (Å²) >= 11 is 0. The number of benzene rings is 2. The number of anilines is 1. The van der Waals surface area contributed by atoms with E-state index in [4.69, 9.17) is 4.74 Å². The monoisotopic (exact) mass is 323 g/mol. The van der Waals surface area contributed by atoms with Gasteiger partial charge in [0.2, 0.25) is 5.91 Å². The first kappa shape index (κ1) is 14.3. The quantitative estimate of drug-likeness (QED) is 0.769. The zero-order valence-electron chi connectivity index (χ0n) is 12.5. The fourth-order valence-electron chi connectivity index (χ4n) is 2.71. The van der Waals surface area contributed by atoms with Gasteiger partial charge in [-0.1, -0.05) is 35.5 Å². The molecule has 120 valence electrons. The Labute approximate surface area is 136 Å². The van der Waals surface area contributed by atoms with E-state index in [2.05, 4.69) is 20.0 Å². The van der Waals surface area contributed by atoms with Crippen LogP contribution in [0.2, 0.25) is 0 Å². The lowest BCUT2D eigenvalue weighted by Gasteiger charge is -2.10. The summed E-state index contributed by atoms with van der Waals surface area (Å²) in [5.41, 5.74) is 2.12. The van der Waals surface area contributed by atoms with Gasteiger partial charge in [0.05, 0.1) is 0 Å². The van der Waals surface area contributed by atoms with E-state index in [0.29, 0.717) is 23.7 Å². The van der Waals surface area contributed by atoms with Crippen molar-refractivity contribution in [1.29, 1.82) is 0 Å². The van der Waals surface area contributed by atoms with Crippen molar-refractivity contribution in [1.82, 2.24) is 10.1 Å². The van der Waals surface area contributed by atoms with Crippen LogP contribution in [0.1, 0.15) is 11.5 Å². The maximum absolute atomic E-state index is 12.5. The lowest BCUT2D eigenvalue weighted by atomic mass is 10.0. The number of H-pyrrole nitrogens is 1. The first-order valence-electron chi connectivity index (χ1n) is 7.40. The number of aromatic nitrogens is 2. The Morgan fingerprint density at radius 3 is 2.92 bits per heavy atom. The number of fused-ring (bicyclic) bond motifs is 1. The summed E-state index contributed by atoms with van der Waals surface area (Å²) in [4.78, 5) is 26.1. The van der Waals surface area contributed by atoms with Crippen molar-refractivity contribution in [3.8, 4) is 17.1 Å². The Bertz CT molecular complexity index is 960. The summed E-state index contributed by atoms with van der Waals surface area (Å²) in [5, 5.41) is 6.51. The van der Waals surface area contributed by atoms with Crippen molar-refractivity contribution in [2.24, 2.45) is 0 Å². The van der Waals surface area contributed by atoms with Gasteiger partial charge in [-0.2, -0.15) is 0 Å². The Kier molecular flexibility index (Phi) is 3.38. The first-order valence-corrected chi connectivity index (χ1v) is 7.40. The highest BCUT2D eigenvalue weighted by Crippen LogP contribution is 2.34. The van der Waals surface area contributed by atoms with Crippen LogP contribution in [0.4, 0.5) is 5.69 Å². The number of nitrogens with zero attached hydrogens (tertiary/aromatic N) is 1. The molecule has 1 amide bonds. The normalized spacial score (nSPS) is 15.6. The average Bonchev–Trinajstić information content (AvgIpc) is 3.21. The molecule has 1 aliphatic heterocycles. The number of para-hydroxylation sites is 1. The molecule has 7 heteroatoms. The van der Waals surface area contributed by atoms with Crippen molar-refractivity contribution < 1.29 is 14.1 Å². The van der Waals surface area contributed by atoms with Gasteiger partial charge in [-0.15, -0.1) is 0 Å². The van der Waals surface area contributed by atoms with Gasteiger partial charge in [0, 0.05) is 16.8 Å². The molecule has 1 aliphatic rings. The van der Waals surface area contributed by atoms with Crippen LogP contribution < -0.4 is 15.8 Å². The number of hydrogen-bond acceptors (Lipinski definition) is 5. The van der Waals surface area contributed by atoms with Gasteiger partial charge in [0.1, 0.15) is 18.3 Å². The molecule has 0 spiro atoms. The summed E-state index contributed by atoms with van der Waals surface area (Å²) in [5.74, 6) is -0.0705. The van der Waals surface area contributed by atoms with E-state index in [1.54, 1.807) is 24.3 Å². The molecule has 24 heavy (non-hydrogen) atoms. The summed E-state index contributed by atoms with van der Waals surface area (Å²) in [6.45, 7) is 0.321. The third kappa shape index (κ3) is 2.56. The zero-order chi connectivity index (χ0) is 16.5. The second kappa shape index (κ2) is 5.69. The van der Waals surface area contributed by atoms with Gasteiger partial charge in [-0.3, -0.25) is 14.3 Å². The molecule has 0 fully saturated rings. The number of amides is 1. The Morgan fingerprint density at radius 2 is 2.08 bits per heavy atom. The van der Waals surface area contributed by atoms with Gasteiger partial charge in [-0.25, -0.2) is 4.79 Å². The number of nitrogens with one attached hydrogen (secondary N) is 2. The summed E-state index contributed by atoms with van der Waals surface area (Å²) < 4.78 is 10.0. The van der Waals surface area contributed by atoms with Crippen molar-refractivity contribution in [3.05, 3.63) is 64.6 Å². The predicted molar refractivity (Wildman–Crippen MR) is 85.9 cm³/mol. The number of carbonyl (C=O) groups excluding carboxylic acids is 1. The second-order valence-corrected chi connectivity index (χ2v) is 5.42. The van der Waals surface area contributed by atoms with Crippen LogP contribution in [-0.2, 0) is 4.79 Å². The topological polar surface area (TPSA) is 97.2 Å². The second-order valence-electron chi connectivity index (χ2n) is 5.42. The first-order chi connectivity index (χ1) is 11.7. The molecule has 0 bridgehead atoms. The van der Waals surface area contributed by atoms with E-state index in [9.17, 15) is 9.59 Å². The van der Waals surface area contributed by atoms with Gasteiger partial charge >= 0.3 is 5.76 Å². The molecule has 2 heterocycles. The van der Waals surface area contributed by atoms with E-state index in [0.717, 1.165) is 11.3 Å². The standard InChI is InChI=1S/C17H13N3O4/c21-16(13-9-23-14-7-2-1-6-12(13)14)18-11-5-3-4-10(8-11)15-19-17(22)24-20-15/h1-8,13H,9H2,(H,18,21)(H,19,20,22). The van der Waals surface area contributed by atoms with Crippen molar-refractivity contribution in [2.75, 3.05) is 11.9 Å². The van der Waals surface area contributed by atoms with E-state index >= 15 is 0 Å².